The molecule has 1 atom stereocenters. The van der Waals surface area contributed by atoms with Gasteiger partial charge >= 0.3 is 0 Å². The first-order chi connectivity index (χ1) is 15.1. The van der Waals surface area contributed by atoms with Crippen LogP contribution in [-0.2, 0) is 6.54 Å². The third kappa shape index (κ3) is 4.99. The lowest BCUT2D eigenvalue weighted by molar-refractivity contribution is 0.576. The van der Waals surface area contributed by atoms with Crippen molar-refractivity contribution in [3.8, 4) is 5.69 Å². The quantitative estimate of drug-likeness (QED) is 0.470. The summed E-state index contributed by atoms with van der Waals surface area (Å²) >= 11 is 0. The maximum atomic E-state index is 14.1. The topological polar surface area (TPSA) is 70.4 Å². The summed E-state index contributed by atoms with van der Waals surface area (Å²) in [5.74, 6) is -0.380. The van der Waals surface area contributed by atoms with Gasteiger partial charge in [0.05, 0.1) is 12.2 Å². The Morgan fingerprint density at radius 1 is 1.16 bits per heavy atom. The normalized spacial score (nSPS) is 16.5. The van der Waals surface area contributed by atoms with Gasteiger partial charge in [-0.2, -0.15) is 5.10 Å². The average Bonchev–Trinajstić information content (AvgIpc) is 3.45. The molecule has 7 nitrogen and oxygen atoms in total. The number of nitrogens with one attached hydrogen (secondary N) is 2. The molecule has 9 heteroatoms. The number of anilines is 1. The van der Waals surface area contributed by atoms with Crippen LogP contribution in [0.15, 0.2) is 60.1 Å². The molecule has 2 heterocycles. The lowest BCUT2D eigenvalue weighted by Gasteiger charge is -2.21. The summed E-state index contributed by atoms with van der Waals surface area (Å²) in [6.45, 7) is 4.31. The van der Waals surface area contributed by atoms with E-state index in [0.717, 1.165) is 24.2 Å². The monoisotopic (exact) mass is 425 g/mol. The first kappa shape index (κ1) is 20.8. The van der Waals surface area contributed by atoms with Crippen LogP contribution in [0, 0.1) is 11.6 Å². The molecule has 1 saturated heterocycles. The molecular formula is C22H25F2N7. The van der Waals surface area contributed by atoms with Gasteiger partial charge < -0.3 is 15.5 Å². The van der Waals surface area contributed by atoms with Crippen LogP contribution >= 0.6 is 0 Å². The summed E-state index contributed by atoms with van der Waals surface area (Å²) in [4.78, 5) is 10.4. The molecule has 2 N–H and O–H groups in total. The fourth-order valence-electron chi connectivity index (χ4n) is 3.65. The molecule has 3 aromatic rings. The van der Waals surface area contributed by atoms with Crippen LogP contribution in [0.2, 0.25) is 0 Å². The van der Waals surface area contributed by atoms with Gasteiger partial charge in [-0.3, -0.25) is 0 Å². The Hall–Kier alpha value is -3.49. The van der Waals surface area contributed by atoms with Gasteiger partial charge in [-0.05, 0) is 43.2 Å². The second kappa shape index (κ2) is 9.55. The molecule has 162 valence electrons. The standard InChI is InChI=1S/C22H25F2N7/c1-2-26-22(27-12-16-6-8-18(9-7-16)31-15-25-14-28-31)29-17-10-11-30(13-17)21-19(23)4-3-5-20(21)24/h3-9,14-15,17H,2,10-13H2,1H3,(H2,26,27,29). The van der Waals surface area contributed by atoms with Crippen LogP contribution in [0.3, 0.4) is 0 Å². The third-order valence-corrected chi connectivity index (χ3v) is 5.17. The Labute approximate surface area is 179 Å². The van der Waals surface area contributed by atoms with E-state index in [2.05, 4.69) is 25.7 Å². The van der Waals surface area contributed by atoms with Crippen molar-refractivity contribution < 1.29 is 8.78 Å². The fourth-order valence-corrected chi connectivity index (χ4v) is 3.65. The average molecular weight is 425 g/mol. The summed E-state index contributed by atoms with van der Waals surface area (Å²) in [7, 11) is 0. The molecule has 0 amide bonds. The van der Waals surface area contributed by atoms with Crippen molar-refractivity contribution in [3.05, 3.63) is 72.3 Å². The molecule has 2 aromatic carbocycles. The summed E-state index contributed by atoms with van der Waals surface area (Å²) in [6, 6.07) is 12.0. The van der Waals surface area contributed by atoms with Crippen molar-refractivity contribution in [3.63, 3.8) is 0 Å². The van der Waals surface area contributed by atoms with E-state index < -0.39 is 11.6 Å². The number of aromatic nitrogens is 3. The Kier molecular flexibility index (Phi) is 6.40. The molecule has 1 fully saturated rings. The van der Waals surface area contributed by atoms with Crippen LogP contribution < -0.4 is 15.5 Å². The Balaban J connectivity index is 1.38. The molecule has 0 spiro atoms. The smallest absolute Gasteiger partial charge is 0.191 e. The van der Waals surface area contributed by atoms with Crippen molar-refractivity contribution in [1.29, 1.82) is 0 Å². The predicted octanol–water partition coefficient (Wildman–Crippen LogP) is 2.88. The van der Waals surface area contributed by atoms with E-state index >= 15 is 0 Å². The molecule has 0 aliphatic carbocycles. The highest BCUT2D eigenvalue weighted by Gasteiger charge is 2.27. The minimum absolute atomic E-state index is 0.0428. The zero-order valence-electron chi connectivity index (χ0n) is 17.3. The summed E-state index contributed by atoms with van der Waals surface area (Å²) < 4.78 is 29.9. The second-order valence-electron chi connectivity index (χ2n) is 7.35. The molecule has 1 aliphatic rings. The number of aliphatic imine (C=N–C) groups is 1. The van der Waals surface area contributed by atoms with E-state index in [4.69, 9.17) is 0 Å². The summed E-state index contributed by atoms with van der Waals surface area (Å²) in [5, 5.41) is 10.7. The van der Waals surface area contributed by atoms with Gasteiger partial charge in [-0.15, -0.1) is 0 Å². The van der Waals surface area contributed by atoms with Gasteiger partial charge in [-0.1, -0.05) is 18.2 Å². The van der Waals surface area contributed by atoms with Gasteiger partial charge in [-0.25, -0.2) is 23.4 Å². The van der Waals surface area contributed by atoms with Crippen molar-refractivity contribution in [1.82, 2.24) is 25.4 Å². The fraction of sp³-hybridized carbons (Fsp3) is 0.318. The lowest BCUT2D eigenvalue weighted by atomic mass is 10.2. The van der Waals surface area contributed by atoms with E-state index in [1.165, 1.54) is 24.5 Å². The highest BCUT2D eigenvalue weighted by molar-refractivity contribution is 5.80. The van der Waals surface area contributed by atoms with E-state index in [1.807, 2.05) is 31.2 Å². The first-order valence-electron chi connectivity index (χ1n) is 10.3. The number of rotatable bonds is 6. The van der Waals surface area contributed by atoms with Gasteiger partial charge in [0.15, 0.2) is 5.96 Å². The highest BCUT2D eigenvalue weighted by Crippen LogP contribution is 2.26. The molecule has 31 heavy (non-hydrogen) atoms. The van der Waals surface area contributed by atoms with Crippen molar-refractivity contribution in [2.24, 2.45) is 4.99 Å². The Bertz CT molecular complexity index is 999. The SMILES string of the molecule is CCNC(=NCc1ccc(-n2cncn2)cc1)NC1CCN(c2c(F)cccc2F)C1. The Morgan fingerprint density at radius 2 is 1.94 bits per heavy atom. The van der Waals surface area contributed by atoms with Crippen molar-refractivity contribution in [2.45, 2.75) is 25.9 Å². The van der Waals surface area contributed by atoms with Gasteiger partial charge in [0.2, 0.25) is 0 Å². The van der Waals surface area contributed by atoms with E-state index in [9.17, 15) is 8.78 Å². The first-order valence-corrected chi connectivity index (χ1v) is 10.3. The molecule has 1 aromatic heterocycles. The van der Waals surface area contributed by atoms with Crippen molar-refractivity contribution in [2.75, 3.05) is 24.5 Å². The van der Waals surface area contributed by atoms with Crippen LogP contribution in [-0.4, -0.2) is 46.4 Å². The number of benzene rings is 2. The zero-order valence-corrected chi connectivity index (χ0v) is 17.3. The van der Waals surface area contributed by atoms with Gasteiger partial charge in [0, 0.05) is 25.7 Å². The predicted molar refractivity (Wildman–Crippen MR) is 116 cm³/mol. The molecule has 0 saturated carbocycles. The number of halogens is 2. The van der Waals surface area contributed by atoms with Crippen LogP contribution in [0.25, 0.3) is 5.69 Å². The molecule has 1 aliphatic heterocycles. The summed E-state index contributed by atoms with van der Waals surface area (Å²) in [5.41, 5.74) is 2.03. The number of para-hydroxylation sites is 1. The van der Waals surface area contributed by atoms with Gasteiger partial charge in [0.1, 0.15) is 30.0 Å². The lowest BCUT2D eigenvalue weighted by Crippen LogP contribution is -2.44. The zero-order chi connectivity index (χ0) is 21.6. The van der Waals surface area contributed by atoms with E-state index in [-0.39, 0.29) is 11.7 Å². The second-order valence-corrected chi connectivity index (χ2v) is 7.35. The summed E-state index contributed by atoms with van der Waals surface area (Å²) in [6.07, 6.45) is 3.92. The van der Waals surface area contributed by atoms with Gasteiger partial charge in [0.25, 0.3) is 0 Å². The number of hydrogen-bond acceptors (Lipinski definition) is 4. The number of guanidine groups is 1. The number of hydrogen-bond donors (Lipinski definition) is 2. The third-order valence-electron chi connectivity index (χ3n) is 5.17. The van der Waals surface area contributed by atoms with E-state index in [0.29, 0.717) is 25.6 Å². The molecule has 0 radical (unpaired) electrons. The van der Waals surface area contributed by atoms with Crippen LogP contribution in [0.4, 0.5) is 14.5 Å². The molecule has 4 rings (SSSR count). The van der Waals surface area contributed by atoms with Crippen LogP contribution in [0.1, 0.15) is 18.9 Å². The van der Waals surface area contributed by atoms with Crippen LogP contribution in [0.5, 0.6) is 0 Å². The minimum Gasteiger partial charge on any atom is -0.365 e. The van der Waals surface area contributed by atoms with Crippen molar-refractivity contribution >= 4 is 11.6 Å². The largest absolute Gasteiger partial charge is 0.365 e. The number of nitrogens with zero attached hydrogens (tertiary/aromatic N) is 5. The molecule has 1 unspecified atom stereocenters. The minimum atomic E-state index is -0.532. The molecule has 0 bridgehead atoms. The van der Waals surface area contributed by atoms with E-state index in [1.54, 1.807) is 15.9 Å². The highest BCUT2D eigenvalue weighted by atomic mass is 19.1. The maximum absolute atomic E-state index is 14.1. The molecular weight excluding hydrogens is 400 g/mol. The maximum Gasteiger partial charge on any atom is 0.191 e. The Morgan fingerprint density at radius 3 is 2.61 bits per heavy atom.